The zero-order valence-electron chi connectivity index (χ0n) is 19.9. The Bertz CT molecular complexity index is 1080. The van der Waals surface area contributed by atoms with Crippen molar-refractivity contribution in [2.24, 2.45) is 0 Å². The molecular formula is C29H32N2O3. The number of carbonyl (C=O) groups excluding carboxylic acids is 2. The van der Waals surface area contributed by atoms with Crippen molar-refractivity contribution >= 4 is 23.2 Å². The number of hydrogen-bond acceptors (Lipinski definition) is 3. The largest absolute Gasteiger partial charge is 0.479 e. The third kappa shape index (κ3) is 5.48. The summed E-state index contributed by atoms with van der Waals surface area (Å²) < 4.78 is 5.82. The van der Waals surface area contributed by atoms with Gasteiger partial charge in [-0.05, 0) is 42.7 Å². The van der Waals surface area contributed by atoms with Crippen LogP contribution in [-0.4, -0.2) is 24.5 Å². The van der Waals surface area contributed by atoms with Gasteiger partial charge in [0.2, 0.25) is 5.91 Å². The maximum atomic E-state index is 13.1. The van der Waals surface area contributed by atoms with E-state index in [-0.39, 0.29) is 17.7 Å². The van der Waals surface area contributed by atoms with Crippen LogP contribution in [-0.2, 0) is 9.59 Å². The van der Waals surface area contributed by atoms with E-state index in [0.717, 1.165) is 36.1 Å². The molecule has 1 atom stereocenters. The Hall–Kier alpha value is -3.60. The molecule has 2 amide bonds. The van der Waals surface area contributed by atoms with E-state index in [2.05, 4.69) is 36.5 Å². The van der Waals surface area contributed by atoms with Crippen LogP contribution in [0, 0.1) is 0 Å². The molecule has 0 radical (unpaired) electrons. The smallest absolute Gasteiger partial charge is 0.267 e. The van der Waals surface area contributed by atoms with E-state index in [0.29, 0.717) is 24.4 Å². The van der Waals surface area contributed by atoms with Crippen molar-refractivity contribution < 1.29 is 14.3 Å². The summed E-state index contributed by atoms with van der Waals surface area (Å²) in [6.07, 6.45) is 2.89. The molecule has 0 spiro atoms. The first-order valence-electron chi connectivity index (χ1n) is 12.1. The van der Waals surface area contributed by atoms with Crippen LogP contribution in [0.25, 0.3) is 0 Å². The van der Waals surface area contributed by atoms with Gasteiger partial charge in [0, 0.05) is 24.6 Å². The number of benzene rings is 3. The lowest BCUT2D eigenvalue weighted by atomic mass is 9.88. The van der Waals surface area contributed by atoms with E-state index in [1.807, 2.05) is 54.6 Å². The van der Waals surface area contributed by atoms with Crippen LogP contribution in [0.5, 0.6) is 5.75 Å². The van der Waals surface area contributed by atoms with Crippen molar-refractivity contribution in [1.82, 2.24) is 0 Å². The number of ether oxygens (including phenoxy) is 1. The van der Waals surface area contributed by atoms with Crippen LogP contribution < -0.4 is 15.0 Å². The summed E-state index contributed by atoms with van der Waals surface area (Å²) in [5.74, 6) is 0.510. The molecule has 4 rings (SSSR count). The van der Waals surface area contributed by atoms with E-state index >= 15 is 0 Å². The molecule has 1 N–H and O–H groups in total. The minimum atomic E-state index is -0.507. The highest BCUT2D eigenvalue weighted by atomic mass is 16.5. The molecule has 0 saturated heterocycles. The van der Waals surface area contributed by atoms with Gasteiger partial charge in [-0.15, -0.1) is 0 Å². The van der Waals surface area contributed by atoms with Crippen LogP contribution >= 0.6 is 0 Å². The summed E-state index contributed by atoms with van der Waals surface area (Å²) in [4.78, 5) is 27.7. The average Bonchev–Trinajstić information content (AvgIpc) is 2.86. The first-order chi connectivity index (χ1) is 16.6. The summed E-state index contributed by atoms with van der Waals surface area (Å²) in [6.45, 7) is 4.57. The molecule has 1 aliphatic rings. The Labute approximate surface area is 201 Å². The maximum absolute atomic E-state index is 13.1. The molecule has 176 valence electrons. The summed E-state index contributed by atoms with van der Waals surface area (Å²) >= 11 is 0. The van der Waals surface area contributed by atoms with Gasteiger partial charge in [0.1, 0.15) is 5.75 Å². The number of carbonyl (C=O) groups is 2. The summed E-state index contributed by atoms with van der Waals surface area (Å²) in [7, 11) is 0. The van der Waals surface area contributed by atoms with Crippen molar-refractivity contribution in [1.29, 1.82) is 0 Å². The zero-order chi connectivity index (χ0) is 23.9. The molecule has 5 heteroatoms. The first kappa shape index (κ1) is 23.6. The lowest BCUT2D eigenvalue weighted by molar-refractivity contribution is -0.125. The fourth-order valence-corrected chi connectivity index (χ4v) is 4.43. The number of hydrogen-bond donors (Lipinski definition) is 1. The number of fused-ring (bicyclic) bond motifs is 1. The van der Waals surface area contributed by atoms with E-state index in [1.165, 1.54) is 0 Å². The van der Waals surface area contributed by atoms with Gasteiger partial charge >= 0.3 is 0 Å². The number of amides is 2. The highest BCUT2D eigenvalue weighted by molar-refractivity contribution is 6.01. The first-order valence-corrected chi connectivity index (χ1v) is 12.1. The second-order valence-electron chi connectivity index (χ2n) is 8.77. The van der Waals surface area contributed by atoms with Gasteiger partial charge in [-0.1, -0.05) is 80.4 Å². The summed E-state index contributed by atoms with van der Waals surface area (Å²) in [5, 5.41) is 3.04. The minimum Gasteiger partial charge on any atom is -0.479 e. The SMILES string of the molecule is CCCCCN1C(=O)C(C)Oc2ccc(NC(=O)CC(c3ccccc3)c3ccccc3)cc21. The number of nitrogens with one attached hydrogen (secondary N) is 1. The molecule has 1 unspecified atom stereocenters. The predicted octanol–water partition coefficient (Wildman–Crippen LogP) is 6.15. The predicted molar refractivity (Wildman–Crippen MR) is 136 cm³/mol. The molecule has 5 nitrogen and oxygen atoms in total. The number of unbranched alkanes of at least 4 members (excludes halogenated alkanes) is 2. The second-order valence-corrected chi connectivity index (χ2v) is 8.77. The van der Waals surface area contributed by atoms with E-state index in [9.17, 15) is 9.59 Å². The molecule has 3 aromatic carbocycles. The van der Waals surface area contributed by atoms with Gasteiger partial charge < -0.3 is 15.0 Å². The van der Waals surface area contributed by atoms with Crippen LogP contribution in [0.15, 0.2) is 78.9 Å². The Balaban J connectivity index is 1.53. The van der Waals surface area contributed by atoms with Crippen molar-refractivity contribution in [3.8, 4) is 5.75 Å². The molecule has 0 aromatic heterocycles. The molecule has 0 saturated carbocycles. The monoisotopic (exact) mass is 456 g/mol. The third-order valence-electron chi connectivity index (χ3n) is 6.23. The molecule has 0 fully saturated rings. The van der Waals surface area contributed by atoms with E-state index in [4.69, 9.17) is 4.74 Å². The van der Waals surface area contributed by atoms with Crippen LogP contribution in [0.3, 0.4) is 0 Å². The maximum Gasteiger partial charge on any atom is 0.267 e. The average molecular weight is 457 g/mol. The highest BCUT2D eigenvalue weighted by Gasteiger charge is 2.31. The van der Waals surface area contributed by atoms with Gasteiger partial charge in [0.15, 0.2) is 6.10 Å². The molecular weight excluding hydrogens is 424 g/mol. The standard InChI is InChI=1S/C29H32N2O3/c1-3-4-11-18-31-26-19-24(16-17-27(26)34-21(2)29(31)33)30-28(32)20-25(22-12-7-5-8-13-22)23-14-9-6-10-15-23/h5-10,12-17,19,21,25H,3-4,11,18,20H2,1-2H3,(H,30,32). The zero-order valence-corrected chi connectivity index (χ0v) is 19.9. The van der Waals surface area contributed by atoms with E-state index in [1.54, 1.807) is 11.8 Å². The molecule has 0 bridgehead atoms. The highest BCUT2D eigenvalue weighted by Crippen LogP contribution is 2.37. The van der Waals surface area contributed by atoms with Crippen molar-refractivity contribution in [3.63, 3.8) is 0 Å². The van der Waals surface area contributed by atoms with Crippen molar-refractivity contribution in [2.75, 3.05) is 16.8 Å². The van der Waals surface area contributed by atoms with Crippen molar-refractivity contribution in [2.45, 2.75) is 51.6 Å². The summed E-state index contributed by atoms with van der Waals surface area (Å²) in [5.41, 5.74) is 3.59. The Morgan fingerprint density at radius 3 is 2.24 bits per heavy atom. The molecule has 0 aliphatic carbocycles. The Morgan fingerprint density at radius 1 is 0.971 bits per heavy atom. The van der Waals surface area contributed by atoms with Gasteiger partial charge in [-0.2, -0.15) is 0 Å². The fraction of sp³-hybridized carbons (Fsp3) is 0.310. The van der Waals surface area contributed by atoms with Gasteiger partial charge in [0.25, 0.3) is 5.91 Å². The number of rotatable bonds is 9. The lowest BCUT2D eigenvalue weighted by Crippen LogP contribution is -2.44. The van der Waals surface area contributed by atoms with Crippen LogP contribution in [0.2, 0.25) is 0 Å². The van der Waals surface area contributed by atoms with Gasteiger partial charge in [-0.3, -0.25) is 9.59 Å². The third-order valence-corrected chi connectivity index (χ3v) is 6.23. The molecule has 1 heterocycles. The fourth-order valence-electron chi connectivity index (χ4n) is 4.43. The van der Waals surface area contributed by atoms with Gasteiger partial charge in [-0.25, -0.2) is 0 Å². The molecule has 34 heavy (non-hydrogen) atoms. The number of anilines is 2. The summed E-state index contributed by atoms with van der Waals surface area (Å²) in [6, 6.07) is 25.7. The topological polar surface area (TPSA) is 58.6 Å². The van der Waals surface area contributed by atoms with Gasteiger partial charge in [0.05, 0.1) is 5.69 Å². The molecule has 1 aliphatic heterocycles. The van der Waals surface area contributed by atoms with Crippen molar-refractivity contribution in [3.05, 3.63) is 90.0 Å². The normalized spacial score (nSPS) is 15.1. The quantitative estimate of drug-likeness (QED) is 0.393. The van der Waals surface area contributed by atoms with Crippen LogP contribution in [0.1, 0.15) is 56.6 Å². The number of nitrogens with zero attached hydrogens (tertiary/aromatic N) is 1. The lowest BCUT2D eigenvalue weighted by Gasteiger charge is -2.33. The van der Waals surface area contributed by atoms with E-state index < -0.39 is 6.10 Å². The minimum absolute atomic E-state index is 0.0414. The Morgan fingerprint density at radius 2 is 1.62 bits per heavy atom. The second kappa shape index (κ2) is 11.0. The van der Waals surface area contributed by atoms with Crippen LogP contribution in [0.4, 0.5) is 11.4 Å². The molecule has 3 aromatic rings. The Kier molecular flexibility index (Phi) is 7.63.